The Morgan fingerprint density at radius 3 is 2.68 bits per heavy atom. The number of carbonyl (C=O) groups excluding carboxylic acids is 2. The second-order valence-electron chi connectivity index (χ2n) is 4.83. The van der Waals surface area contributed by atoms with E-state index < -0.39 is 22.5 Å². The van der Waals surface area contributed by atoms with E-state index in [1.54, 1.807) is 0 Å². The van der Waals surface area contributed by atoms with E-state index in [1.807, 2.05) is 4.72 Å². The lowest BCUT2D eigenvalue weighted by Gasteiger charge is -2.16. The molecular formula is C13H15ClN2O5S. The third kappa shape index (κ3) is 3.23. The monoisotopic (exact) mass is 346 g/mol. The fourth-order valence-corrected chi connectivity index (χ4v) is 3.86. The summed E-state index contributed by atoms with van der Waals surface area (Å²) in [6.45, 7) is 1.39. The molecule has 22 heavy (non-hydrogen) atoms. The second-order valence-corrected chi connectivity index (χ2v) is 6.89. The summed E-state index contributed by atoms with van der Waals surface area (Å²) in [5.74, 6) is -1.03. The summed E-state index contributed by atoms with van der Waals surface area (Å²) >= 11 is 6.00. The quantitative estimate of drug-likeness (QED) is 0.823. The van der Waals surface area contributed by atoms with Gasteiger partial charge < -0.3 is 10.0 Å². The number of aliphatic hydroxyl groups is 1. The molecule has 7 nitrogen and oxygen atoms in total. The van der Waals surface area contributed by atoms with Gasteiger partial charge in [-0.2, -0.15) is 0 Å². The normalized spacial score (nSPS) is 13.9. The van der Waals surface area contributed by atoms with Crippen LogP contribution in [0.15, 0.2) is 17.0 Å². The van der Waals surface area contributed by atoms with Gasteiger partial charge >= 0.3 is 0 Å². The third-order valence-corrected chi connectivity index (χ3v) is 5.12. The Balaban J connectivity index is 2.42. The number of nitrogens with zero attached hydrogens (tertiary/aromatic N) is 1. The predicted octanol–water partition coefficient (Wildman–Crippen LogP) is 0.436. The first-order chi connectivity index (χ1) is 10.3. The van der Waals surface area contributed by atoms with Crippen LogP contribution in [0.1, 0.15) is 18.9 Å². The summed E-state index contributed by atoms with van der Waals surface area (Å²) in [6, 6.07) is 2.78. The van der Waals surface area contributed by atoms with E-state index in [-0.39, 0.29) is 22.2 Å². The van der Waals surface area contributed by atoms with Gasteiger partial charge in [0.2, 0.25) is 11.8 Å². The number of aliphatic hydroxyl groups excluding tert-OH is 1. The molecule has 0 unspecified atom stereocenters. The largest absolute Gasteiger partial charge is 0.396 e. The average molecular weight is 347 g/mol. The van der Waals surface area contributed by atoms with E-state index in [1.165, 1.54) is 24.0 Å². The SMILES string of the molecule is CC(=O)N1CCc2cc(Cl)c(S(=O)(=O)NC(=O)CCO)cc21. The third-order valence-electron chi connectivity index (χ3n) is 3.29. The van der Waals surface area contributed by atoms with E-state index in [0.717, 1.165) is 5.56 Å². The fraction of sp³-hybridized carbons (Fsp3) is 0.385. The van der Waals surface area contributed by atoms with Crippen molar-refractivity contribution in [3.8, 4) is 0 Å². The zero-order valence-electron chi connectivity index (χ0n) is 11.8. The molecule has 2 rings (SSSR count). The minimum Gasteiger partial charge on any atom is -0.396 e. The second kappa shape index (κ2) is 6.23. The minimum absolute atomic E-state index is 0.0200. The van der Waals surface area contributed by atoms with E-state index in [2.05, 4.69) is 0 Å². The lowest BCUT2D eigenvalue weighted by atomic mass is 10.2. The maximum Gasteiger partial charge on any atom is 0.265 e. The molecule has 2 amide bonds. The van der Waals surface area contributed by atoms with Crippen molar-refractivity contribution in [1.29, 1.82) is 0 Å². The molecule has 2 N–H and O–H groups in total. The van der Waals surface area contributed by atoms with Crippen LogP contribution < -0.4 is 9.62 Å². The Morgan fingerprint density at radius 1 is 1.41 bits per heavy atom. The number of anilines is 1. The summed E-state index contributed by atoms with van der Waals surface area (Å²) in [5.41, 5.74) is 1.26. The van der Waals surface area contributed by atoms with Crippen LogP contribution in [0.4, 0.5) is 5.69 Å². The van der Waals surface area contributed by atoms with Gasteiger partial charge in [0.1, 0.15) is 4.90 Å². The van der Waals surface area contributed by atoms with Gasteiger partial charge in [0.05, 0.1) is 18.1 Å². The van der Waals surface area contributed by atoms with Crippen LogP contribution in [0.3, 0.4) is 0 Å². The van der Waals surface area contributed by atoms with Crippen molar-refractivity contribution in [2.24, 2.45) is 0 Å². The standard InChI is InChI=1S/C13H15ClN2O5S/c1-8(18)16-4-2-9-6-10(14)12(7-11(9)16)22(20,21)15-13(19)3-5-17/h6-7,17H,2-5H2,1H3,(H,15,19). The summed E-state index contributed by atoms with van der Waals surface area (Å²) in [4.78, 5) is 24.1. The van der Waals surface area contributed by atoms with Crippen LogP contribution in [0.2, 0.25) is 5.02 Å². The number of rotatable bonds is 4. The first-order valence-electron chi connectivity index (χ1n) is 6.53. The lowest BCUT2D eigenvalue weighted by molar-refractivity contribution is -0.120. The van der Waals surface area contributed by atoms with E-state index in [0.29, 0.717) is 18.7 Å². The van der Waals surface area contributed by atoms with Crippen molar-refractivity contribution in [3.63, 3.8) is 0 Å². The van der Waals surface area contributed by atoms with Crippen LogP contribution in [-0.4, -0.2) is 38.5 Å². The minimum atomic E-state index is -4.16. The van der Waals surface area contributed by atoms with Crippen molar-refractivity contribution in [2.75, 3.05) is 18.1 Å². The number of halogens is 1. The van der Waals surface area contributed by atoms with Crippen molar-refractivity contribution in [2.45, 2.75) is 24.7 Å². The summed E-state index contributed by atoms with van der Waals surface area (Å²) in [6.07, 6.45) is 0.257. The van der Waals surface area contributed by atoms with Crippen LogP contribution >= 0.6 is 11.6 Å². The molecule has 120 valence electrons. The molecule has 0 radical (unpaired) electrons. The molecule has 1 aromatic carbocycles. The van der Waals surface area contributed by atoms with Gasteiger partial charge in [0, 0.05) is 19.2 Å². The molecule has 0 saturated heterocycles. The molecule has 0 atom stereocenters. The maximum atomic E-state index is 12.2. The average Bonchev–Trinajstić information content (AvgIpc) is 2.79. The van der Waals surface area contributed by atoms with Crippen molar-refractivity contribution < 1.29 is 23.1 Å². The molecule has 1 aromatic rings. The van der Waals surface area contributed by atoms with Gasteiger partial charge in [0.15, 0.2) is 0 Å². The van der Waals surface area contributed by atoms with Gasteiger partial charge in [-0.25, -0.2) is 13.1 Å². The highest BCUT2D eigenvalue weighted by Gasteiger charge is 2.28. The highest BCUT2D eigenvalue weighted by Crippen LogP contribution is 2.35. The Hall–Kier alpha value is -1.64. The molecular weight excluding hydrogens is 332 g/mol. The van der Waals surface area contributed by atoms with Crippen LogP contribution in [0.5, 0.6) is 0 Å². The summed E-state index contributed by atoms with van der Waals surface area (Å²) in [5, 5.41) is 8.64. The number of benzene rings is 1. The number of fused-ring (bicyclic) bond motifs is 1. The zero-order valence-corrected chi connectivity index (χ0v) is 13.4. The molecule has 0 fully saturated rings. The molecule has 0 saturated carbocycles. The number of hydrogen-bond donors (Lipinski definition) is 2. The highest BCUT2D eigenvalue weighted by atomic mass is 35.5. The Bertz CT molecular complexity index is 732. The van der Waals surface area contributed by atoms with Gasteiger partial charge in [-0.05, 0) is 24.1 Å². The molecule has 0 aliphatic carbocycles. The van der Waals surface area contributed by atoms with Crippen molar-refractivity contribution in [1.82, 2.24) is 4.72 Å². The number of nitrogens with one attached hydrogen (secondary N) is 1. The van der Waals surface area contributed by atoms with Gasteiger partial charge in [-0.3, -0.25) is 9.59 Å². The lowest BCUT2D eigenvalue weighted by Crippen LogP contribution is -2.31. The Morgan fingerprint density at radius 2 is 2.09 bits per heavy atom. The molecule has 1 aliphatic heterocycles. The topological polar surface area (TPSA) is 104 Å². The van der Waals surface area contributed by atoms with Crippen LogP contribution in [-0.2, 0) is 26.0 Å². The first kappa shape index (κ1) is 16.7. The Kier molecular flexibility index (Phi) is 4.74. The number of hydrogen-bond acceptors (Lipinski definition) is 5. The molecule has 1 aliphatic rings. The summed E-state index contributed by atoms with van der Waals surface area (Å²) < 4.78 is 26.3. The highest BCUT2D eigenvalue weighted by molar-refractivity contribution is 7.90. The van der Waals surface area contributed by atoms with Crippen molar-refractivity contribution in [3.05, 3.63) is 22.7 Å². The molecule has 9 heteroatoms. The smallest absolute Gasteiger partial charge is 0.265 e. The summed E-state index contributed by atoms with van der Waals surface area (Å²) in [7, 11) is -4.16. The van der Waals surface area contributed by atoms with Gasteiger partial charge in [-0.15, -0.1) is 0 Å². The number of amides is 2. The maximum absolute atomic E-state index is 12.2. The van der Waals surface area contributed by atoms with Crippen molar-refractivity contribution >= 4 is 39.1 Å². The fourth-order valence-electron chi connectivity index (χ4n) is 2.28. The van der Waals surface area contributed by atoms with E-state index >= 15 is 0 Å². The number of sulfonamides is 1. The molecule has 0 aromatic heterocycles. The van der Waals surface area contributed by atoms with Crippen LogP contribution in [0.25, 0.3) is 0 Å². The van der Waals surface area contributed by atoms with Gasteiger partial charge in [0.25, 0.3) is 10.0 Å². The molecule has 0 spiro atoms. The van der Waals surface area contributed by atoms with E-state index in [9.17, 15) is 18.0 Å². The predicted molar refractivity (Wildman–Crippen MR) is 80.2 cm³/mol. The molecule has 0 bridgehead atoms. The van der Waals surface area contributed by atoms with Gasteiger partial charge in [-0.1, -0.05) is 11.6 Å². The number of carbonyl (C=O) groups is 2. The zero-order chi connectivity index (χ0) is 16.5. The first-order valence-corrected chi connectivity index (χ1v) is 8.39. The molecule has 1 heterocycles. The Labute approximate surface area is 132 Å². The van der Waals surface area contributed by atoms with E-state index in [4.69, 9.17) is 16.7 Å². The van der Waals surface area contributed by atoms with Crippen LogP contribution in [0, 0.1) is 0 Å².